The van der Waals surface area contributed by atoms with Crippen LogP contribution in [0.1, 0.15) is 17.3 Å². The summed E-state index contributed by atoms with van der Waals surface area (Å²) in [6, 6.07) is 14.4. The highest BCUT2D eigenvalue weighted by molar-refractivity contribution is 8.00. The van der Waals surface area contributed by atoms with Crippen LogP contribution < -0.4 is 10.2 Å². The second-order valence-corrected chi connectivity index (χ2v) is 6.99. The van der Waals surface area contributed by atoms with E-state index < -0.39 is 5.97 Å². The fourth-order valence-electron chi connectivity index (χ4n) is 2.58. The third kappa shape index (κ3) is 3.38. The van der Waals surface area contributed by atoms with E-state index >= 15 is 0 Å². The third-order valence-electron chi connectivity index (χ3n) is 3.73. The van der Waals surface area contributed by atoms with Gasteiger partial charge in [0, 0.05) is 22.4 Å². The number of urea groups is 1. The summed E-state index contributed by atoms with van der Waals surface area (Å²) in [5.41, 5.74) is 2.00. The minimum Gasteiger partial charge on any atom is -0.465 e. The summed E-state index contributed by atoms with van der Waals surface area (Å²) in [5.74, 6) is -0.399. The first-order valence-electron chi connectivity index (χ1n) is 7.61. The van der Waals surface area contributed by atoms with Gasteiger partial charge in [-0.05, 0) is 36.4 Å². The predicted molar refractivity (Wildman–Crippen MR) is 95.9 cm³/mol. The standard InChI is InChI=1S/C18H18N2O3S/c1-12-11-20(15-5-3-4-6-16(15)24-12)18(22)19-14-9-7-13(8-10-14)17(21)23-2/h3-10,12H,11H2,1-2H3,(H,19,22)/t12-/m1/s1. The molecule has 1 atom stereocenters. The summed E-state index contributed by atoms with van der Waals surface area (Å²) in [4.78, 5) is 27.0. The lowest BCUT2D eigenvalue weighted by Crippen LogP contribution is -2.41. The van der Waals surface area contributed by atoms with Crippen LogP contribution in [-0.2, 0) is 4.74 Å². The number of anilines is 2. The molecule has 6 heteroatoms. The van der Waals surface area contributed by atoms with Crippen LogP contribution >= 0.6 is 11.8 Å². The minimum atomic E-state index is -0.399. The molecule has 1 aliphatic heterocycles. The van der Waals surface area contributed by atoms with Crippen molar-refractivity contribution in [1.29, 1.82) is 0 Å². The number of carbonyl (C=O) groups excluding carboxylic acids is 2. The number of benzene rings is 2. The molecule has 1 heterocycles. The maximum atomic E-state index is 12.7. The molecule has 24 heavy (non-hydrogen) atoms. The van der Waals surface area contributed by atoms with Crippen molar-refractivity contribution in [2.75, 3.05) is 23.9 Å². The Morgan fingerprint density at radius 1 is 1.17 bits per heavy atom. The van der Waals surface area contributed by atoms with Gasteiger partial charge in [0.1, 0.15) is 0 Å². The molecule has 0 aliphatic carbocycles. The third-order valence-corrected chi connectivity index (χ3v) is 4.88. The quantitative estimate of drug-likeness (QED) is 0.838. The van der Waals surface area contributed by atoms with Gasteiger partial charge in [-0.1, -0.05) is 19.1 Å². The number of thioether (sulfide) groups is 1. The molecular formula is C18H18N2O3S. The van der Waals surface area contributed by atoms with E-state index in [1.54, 1.807) is 40.9 Å². The van der Waals surface area contributed by atoms with Crippen molar-refractivity contribution >= 4 is 35.1 Å². The molecule has 1 aliphatic rings. The van der Waals surface area contributed by atoms with Gasteiger partial charge < -0.3 is 10.1 Å². The van der Waals surface area contributed by atoms with Crippen LogP contribution in [0.25, 0.3) is 0 Å². The van der Waals surface area contributed by atoms with E-state index in [0.717, 1.165) is 10.6 Å². The van der Waals surface area contributed by atoms with E-state index in [9.17, 15) is 9.59 Å². The van der Waals surface area contributed by atoms with Crippen molar-refractivity contribution < 1.29 is 14.3 Å². The monoisotopic (exact) mass is 342 g/mol. The van der Waals surface area contributed by atoms with Gasteiger partial charge in [-0.25, -0.2) is 9.59 Å². The zero-order valence-electron chi connectivity index (χ0n) is 13.5. The van der Waals surface area contributed by atoms with Gasteiger partial charge >= 0.3 is 12.0 Å². The lowest BCUT2D eigenvalue weighted by molar-refractivity contribution is 0.0601. The number of fused-ring (bicyclic) bond motifs is 1. The van der Waals surface area contributed by atoms with Crippen LogP contribution in [0.3, 0.4) is 0 Å². The molecule has 2 aromatic rings. The first-order valence-corrected chi connectivity index (χ1v) is 8.49. The molecule has 124 valence electrons. The Bertz CT molecular complexity index is 761. The molecule has 0 radical (unpaired) electrons. The highest BCUT2D eigenvalue weighted by atomic mass is 32.2. The molecule has 0 saturated carbocycles. The summed E-state index contributed by atoms with van der Waals surface area (Å²) >= 11 is 1.77. The Hall–Kier alpha value is -2.47. The molecule has 5 nitrogen and oxygen atoms in total. The number of nitrogens with one attached hydrogen (secondary N) is 1. The van der Waals surface area contributed by atoms with Gasteiger partial charge in [0.2, 0.25) is 0 Å². The van der Waals surface area contributed by atoms with Crippen molar-refractivity contribution in [3.8, 4) is 0 Å². The predicted octanol–water partition coefficient (Wildman–Crippen LogP) is 4.01. The second-order valence-electron chi connectivity index (χ2n) is 5.51. The fraction of sp³-hybridized carbons (Fsp3) is 0.222. The molecule has 3 rings (SSSR count). The highest BCUT2D eigenvalue weighted by Crippen LogP contribution is 2.38. The SMILES string of the molecule is COC(=O)c1ccc(NC(=O)N2C[C@@H](C)Sc3ccccc32)cc1. The number of rotatable bonds is 2. The zero-order chi connectivity index (χ0) is 17.1. The molecule has 2 amide bonds. The van der Waals surface area contributed by atoms with Gasteiger partial charge in [-0.3, -0.25) is 4.90 Å². The van der Waals surface area contributed by atoms with Crippen molar-refractivity contribution in [1.82, 2.24) is 0 Å². The van der Waals surface area contributed by atoms with E-state index in [0.29, 0.717) is 23.0 Å². The van der Waals surface area contributed by atoms with Crippen molar-refractivity contribution in [3.63, 3.8) is 0 Å². The number of nitrogens with zero attached hydrogens (tertiary/aromatic N) is 1. The van der Waals surface area contributed by atoms with Crippen LogP contribution in [-0.4, -0.2) is 30.9 Å². The summed E-state index contributed by atoms with van der Waals surface area (Å²) in [6.07, 6.45) is 0. The molecular weight excluding hydrogens is 324 g/mol. The molecule has 0 saturated heterocycles. The number of methoxy groups -OCH3 is 1. The van der Waals surface area contributed by atoms with Gasteiger partial charge in [0.25, 0.3) is 0 Å². The highest BCUT2D eigenvalue weighted by Gasteiger charge is 2.26. The summed E-state index contributed by atoms with van der Waals surface area (Å²) < 4.78 is 4.67. The molecule has 1 N–H and O–H groups in total. The van der Waals surface area contributed by atoms with Gasteiger partial charge in [0.15, 0.2) is 0 Å². The normalized spacial score (nSPS) is 16.2. The Morgan fingerprint density at radius 2 is 1.88 bits per heavy atom. The van der Waals surface area contributed by atoms with E-state index in [4.69, 9.17) is 0 Å². The smallest absolute Gasteiger partial charge is 0.337 e. The van der Waals surface area contributed by atoms with E-state index in [-0.39, 0.29) is 6.03 Å². The van der Waals surface area contributed by atoms with Crippen LogP contribution in [0, 0.1) is 0 Å². The summed E-state index contributed by atoms with van der Waals surface area (Å²) in [7, 11) is 1.34. The molecule has 0 aromatic heterocycles. The van der Waals surface area contributed by atoms with Crippen LogP contribution in [0.4, 0.5) is 16.2 Å². The number of ether oxygens (including phenoxy) is 1. The average Bonchev–Trinajstić information content (AvgIpc) is 2.60. The molecule has 0 unspecified atom stereocenters. The molecule has 0 fully saturated rings. The van der Waals surface area contributed by atoms with E-state index in [1.165, 1.54) is 7.11 Å². The number of amides is 2. The second kappa shape index (κ2) is 6.97. The number of para-hydroxylation sites is 1. The van der Waals surface area contributed by atoms with Crippen molar-refractivity contribution in [3.05, 3.63) is 54.1 Å². The average molecular weight is 342 g/mol. The van der Waals surface area contributed by atoms with Crippen LogP contribution in [0.5, 0.6) is 0 Å². The van der Waals surface area contributed by atoms with Gasteiger partial charge in [-0.15, -0.1) is 11.8 Å². The molecule has 0 bridgehead atoms. The maximum Gasteiger partial charge on any atom is 0.337 e. The van der Waals surface area contributed by atoms with E-state index in [2.05, 4.69) is 17.0 Å². The van der Waals surface area contributed by atoms with Crippen molar-refractivity contribution in [2.45, 2.75) is 17.1 Å². The Morgan fingerprint density at radius 3 is 2.58 bits per heavy atom. The summed E-state index contributed by atoms with van der Waals surface area (Å²) in [5, 5.41) is 3.21. The van der Waals surface area contributed by atoms with Crippen LogP contribution in [0.2, 0.25) is 0 Å². The maximum absolute atomic E-state index is 12.7. The number of hydrogen-bond donors (Lipinski definition) is 1. The number of hydrogen-bond acceptors (Lipinski definition) is 4. The Balaban J connectivity index is 1.77. The Labute approximate surface area is 145 Å². The zero-order valence-corrected chi connectivity index (χ0v) is 14.3. The first-order chi connectivity index (χ1) is 11.6. The topological polar surface area (TPSA) is 58.6 Å². The lowest BCUT2D eigenvalue weighted by atomic mass is 10.2. The lowest BCUT2D eigenvalue weighted by Gasteiger charge is -2.32. The largest absolute Gasteiger partial charge is 0.465 e. The number of esters is 1. The fourth-order valence-corrected chi connectivity index (χ4v) is 3.69. The summed E-state index contributed by atoms with van der Waals surface area (Å²) in [6.45, 7) is 2.75. The van der Waals surface area contributed by atoms with Gasteiger partial charge in [-0.2, -0.15) is 0 Å². The molecule has 2 aromatic carbocycles. The first kappa shape index (κ1) is 16.4. The number of carbonyl (C=O) groups is 2. The molecule has 0 spiro atoms. The van der Waals surface area contributed by atoms with Crippen molar-refractivity contribution in [2.24, 2.45) is 0 Å². The Kier molecular flexibility index (Phi) is 4.76. The van der Waals surface area contributed by atoms with Crippen LogP contribution in [0.15, 0.2) is 53.4 Å². The van der Waals surface area contributed by atoms with Gasteiger partial charge in [0.05, 0.1) is 18.4 Å². The minimum absolute atomic E-state index is 0.180. The van der Waals surface area contributed by atoms with E-state index in [1.807, 2.05) is 24.3 Å².